The normalized spacial score (nSPS) is 10.6. The van der Waals surface area contributed by atoms with Crippen LogP contribution in [-0.4, -0.2) is 42.9 Å². The molecule has 1 N–H and O–H groups in total. The summed E-state index contributed by atoms with van der Waals surface area (Å²) in [7, 11) is 1.64. The van der Waals surface area contributed by atoms with E-state index in [0.717, 1.165) is 17.7 Å². The van der Waals surface area contributed by atoms with Crippen molar-refractivity contribution in [2.24, 2.45) is 0 Å². The number of nitrogens with one attached hydrogen (secondary N) is 1. The van der Waals surface area contributed by atoms with E-state index in [9.17, 15) is 4.79 Å². The standard InChI is InChI=1S/C17H23N3O4/c1-3-23-14-7-5-13(6-8-14)17-19-16(24-20-17)10-9-15(21)18-11-4-12-22-2/h5-8H,3-4,9-12H2,1-2H3,(H,18,21). The zero-order valence-electron chi connectivity index (χ0n) is 14.1. The molecule has 7 heteroatoms. The van der Waals surface area contributed by atoms with E-state index >= 15 is 0 Å². The summed E-state index contributed by atoms with van der Waals surface area (Å²) < 4.78 is 15.5. The molecule has 0 saturated heterocycles. The largest absolute Gasteiger partial charge is 0.494 e. The third kappa shape index (κ3) is 5.66. The third-order valence-electron chi connectivity index (χ3n) is 3.30. The van der Waals surface area contributed by atoms with Crippen LogP contribution in [0.3, 0.4) is 0 Å². The summed E-state index contributed by atoms with van der Waals surface area (Å²) in [5, 5.41) is 6.77. The van der Waals surface area contributed by atoms with Gasteiger partial charge in [-0.2, -0.15) is 4.98 Å². The Morgan fingerprint density at radius 3 is 2.79 bits per heavy atom. The Bertz CT molecular complexity index is 625. The van der Waals surface area contributed by atoms with Crippen LogP contribution in [0.1, 0.15) is 25.7 Å². The molecule has 1 aromatic carbocycles. The molecule has 130 valence electrons. The van der Waals surface area contributed by atoms with Crippen LogP contribution in [0.15, 0.2) is 28.8 Å². The van der Waals surface area contributed by atoms with Crippen molar-refractivity contribution in [2.45, 2.75) is 26.2 Å². The van der Waals surface area contributed by atoms with Gasteiger partial charge in [0.25, 0.3) is 0 Å². The van der Waals surface area contributed by atoms with Crippen LogP contribution < -0.4 is 10.1 Å². The van der Waals surface area contributed by atoms with Crippen molar-refractivity contribution in [1.29, 1.82) is 0 Å². The SMILES string of the molecule is CCOc1ccc(-c2noc(CCC(=O)NCCCOC)n2)cc1. The van der Waals surface area contributed by atoms with Gasteiger partial charge in [-0.05, 0) is 37.6 Å². The van der Waals surface area contributed by atoms with Gasteiger partial charge in [0.15, 0.2) is 0 Å². The van der Waals surface area contributed by atoms with E-state index in [1.165, 1.54) is 0 Å². The second-order valence-corrected chi connectivity index (χ2v) is 5.17. The summed E-state index contributed by atoms with van der Waals surface area (Å²) >= 11 is 0. The summed E-state index contributed by atoms with van der Waals surface area (Å²) in [5.41, 5.74) is 0.845. The molecule has 0 bridgehead atoms. The van der Waals surface area contributed by atoms with E-state index in [1.54, 1.807) is 7.11 Å². The van der Waals surface area contributed by atoms with E-state index in [-0.39, 0.29) is 5.91 Å². The molecule has 0 radical (unpaired) electrons. The number of aryl methyl sites for hydroxylation is 1. The molecule has 0 spiro atoms. The van der Waals surface area contributed by atoms with E-state index in [2.05, 4.69) is 15.5 Å². The Morgan fingerprint density at radius 1 is 1.29 bits per heavy atom. The summed E-state index contributed by atoms with van der Waals surface area (Å²) in [6, 6.07) is 7.48. The van der Waals surface area contributed by atoms with Gasteiger partial charge in [-0.3, -0.25) is 4.79 Å². The molecule has 0 aliphatic rings. The Hall–Kier alpha value is -2.41. The number of rotatable bonds is 10. The second kappa shape index (κ2) is 9.67. The second-order valence-electron chi connectivity index (χ2n) is 5.17. The van der Waals surface area contributed by atoms with Crippen LogP contribution in [0.2, 0.25) is 0 Å². The van der Waals surface area contributed by atoms with E-state index in [1.807, 2.05) is 31.2 Å². The number of hydrogen-bond acceptors (Lipinski definition) is 6. The Morgan fingerprint density at radius 2 is 2.08 bits per heavy atom. The van der Waals surface area contributed by atoms with Crippen LogP contribution in [0, 0.1) is 0 Å². The van der Waals surface area contributed by atoms with Gasteiger partial charge in [0.1, 0.15) is 5.75 Å². The molecule has 7 nitrogen and oxygen atoms in total. The monoisotopic (exact) mass is 333 g/mol. The van der Waals surface area contributed by atoms with Crippen molar-refractivity contribution in [3.8, 4) is 17.1 Å². The number of aromatic nitrogens is 2. The number of carbonyl (C=O) groups is 1. The average molecular weight is 333 g/mol. The maximum absolute atomic E-state index is 11.7. The molecule has 0 aliphatic heterocycles. The molecule has 0 atom stereocenters. The molecule has 1 amide bonds. The van der Waals surface area contributed by atoms with Gasteiger partial charge in [0.05, 0.1) is 6.61 Å². The quantitative estimate of drug-likeness (QED) is 0.671. The average Bonchev–Trinajstić information content (AvgIpc) is 3.07. The maximum atomic E-state index is 11.7. The van der Waals surface area contributed by atoms with Crippen LogP contribution >= 0.6 is 0 Å². The molecule has 0 saturated carbocycles. The lowest BCUT2D eigenvalue weighted by molar-refractivity contribution is -0.121. The highest BCUT2D eigenvalue weighted by molar-refractivity contribution is 5.75. The number of amides is 1. The number of methoxy groups -OCH3 is 1. The lowest BCUT2D eigenvalue weighted by atomic mass is 10.2. The van der Waals surface area contributed by atoms with Gasteiger partial charge in [-0.1, -0.05) is 5.16 Å². The minimum Gasteiger partial charge on any atom is -0.494 e. The van der Waals surface area contributed by atoms with E-state index in [4.69, 9.17) is 14.0 Å². The van der Waals surface area contributed by atoms with Crippen molar-refractivity contribution < 1.29 is 18.8 Å². The van der Waals surface area contributed by atoms with Crippen molar-refractivity contribution in [2.75, 3.05) is 26.9 Å². The molecular weight excluding hydrogens is 310 g/mol. The predicted molar refractivity (Wildman–Crippen MR) is 88.7 cm³/mol. The highest BCUT2D eigenvalue weighted by atomic mass is 16.5. The molecule has 0 unspecified atom stereocenters. The third-order valence-corrected chi connectivity index (χ3v) is 3.30. The number of hydrogen-bond donors (Lipinski definition) is 1. The van der Waals surface area contributed by atoms with Crippen molar-refractivity contribution in [3.63, 3.8) is 0 Å². The summed E-state index contributed by atoms with van der Waals surface area (Å²) in [5.74, 6) is 1.72. The molecular formula is C17H23N3O4. The fourth-order valence-electron chi connectivity index (χ4n) is 2.09. The zero-order chi connectivity index (χ0) is 17.2. The highest BCUT2D eigenvalue weighted by Gasteiger charge is 2.10. The van der Waals surface area contributed by atoms with Gasteiger partial charge in [0, 0.05) is 38.7 Å². The molecule has 24 heavy (non-hydrogen) atoms. The Labute approximate surface area is 141 Å². The van der Waals surface area contributed by atoms with Crippen LogP contribution in [0.4, 0.5) is 0 Å². The first kappa shape index (κ1) is 17.9. The summed E-state index contributed by atoms with van der Waals surface area (Å²) in [6.07, 6.45) is 1.53. The predicted octanol–water partition coefficient (Wildman–Crippen LogP) is 2.22. The maximum Gasteiger partial charge on any atom is 0.227 e. The van der Waals surface area contributed by atoms with E-state index in [0.29, 0.717) is 44.3 Å². The molecule has 2 aromatic rings. The van der Waals surface area contributed by atoms with Gasteiger partial charge in [0.2, 0.25) is 17.6 Å². The van der Waals surface area contributed by atoms with Crippen LogP contribution in [0.25, 0.3) is 11.4 Å². The summed E-state index contributed by atoms with van der Waals surface area (Å²) in [6.45, 7) is 3.80. The summed E-state index contributed by atoms with van der Waals surface area (Å²) in [4.78, 5) is 16.0. The smallest absolute Gasteiger partial charge is 0.227 e. The van der Waals surface area contributed by atoms with Crippen molar-refractivity contribution >= 4 is 5.91 Å². The zero-order valence-corrected chi connectivity index (χ0v) is 14.1. The molecule has 1 aromatic heterocycles. The molecule has 2 rings (SSSR count). The highest BCUT2D eigenvalue weighted by Crippen LogP contribution is 2.20. The van der Waals surface area contributed by atoms with Crippen LogP contribution in [0.5, 0.6) is 5.75 Å². The minimum atomic E-state index is -0.0353. The van der Waals surface area contributed by atoms with Gasteiger partial charge in [-0.25, -0.2) is 0 Å². The van der Waals surface area contributed by atoms with Crippen molar-refractivity contribution in [3.05, 3.63) is 30.2 Å². The van der Waals surface area contributed by atoms with Gasteiger partial charge in [-0.15, -0.1) is 0 Å². The number of benzene rings is 1. The Balaban J connectivity index is 1.81. The van der Waals surface area contributed by atoms with Gasteiger partial charge < -0.3 is 19.3 Å². The molecule has 0 fully saturated rings. The molecule has 0 aliphatic carbocycles. The van der Waals surface area contributed by atoms with Gasteiger partial charge >= 0.3 is 0 Å². The number of nitrogens with zero attached hydrogens (tertiary/aromatic N) is 2. The Kier molecular flexibility index (Phi) is 7.22. The fourth-order valence-corrected chi connectivity index (χ4v) is 2.09. The van der Waals surface area contributed by atoms with E-state index < -0.39 is 0 Å². The van der Waals surface area contributed by atoms with Crippen molar-refractivity contribution in [1.82, 2.24) is 15.5 Å². The molecule has 1 heterocycles. The lowest BCUT2D eigenvalue weighted by Crippen LogP contribution is -2.25. The lowest BCUT2D eigenvalue weighted by Gasteiger charge is -2.03. The number of carbonyl (C=O) groups excluding carboxylic acids is 1. The first-order valence-corrected chi connectivity index (χ1v) is 8.04. The first-order chi connectivity index (χ1) is 11.7. The van der Waals surface area contributed by atoms with Crippen LogP contribution in [-0.2, 0) is 16.0 Å². The number of ether oxygens (including phenoxy) is 2. The minimum absolute atomic E-state index is 0.0353. The first-order valence-electron chi connectivity index (χ1n) is 8.04. The topological polar surface area (TPSA) is 86.5 Å². The fraction of sp³-hybridized carbons (Fsp3) is 0.471.